The average Bonchev–Trinajstić information content (AvgIpc) is 2.86. The van der Waals surface area contributed by atoms with Crippen molar-refractivity contribution in [1.82, 2.24) is 9.88 Å². The topological polar surface area (TPSA) is 49.5 Å². The molecule has 0 bridgehead atoms. The molecule has 0 atom stereocenters. The van der Waals surface area contributed by atoms with E-state index in [2.05, 4.69) is 4.98 Å². The zero-order valence-corrected chi connectivity index (χ0v) is 9.91. The summed E-state index contributed by atoms with van der Waals surface area (Å²) < 4.78 is 5.28. The van der Waals surface area contributed by atoms with E-state index in [4.69, 9.17) is 9.52 Å². The Bertz CT molecular complexity index is 425. The fraction of sp³-hybridized carbons (Fsp3) is 0.364. The predicted molar refractivity (Wildman–Crippen MR) is 63.2 cm³/mol. The Balaban J connectivity index is 2.03. The van der Waals surface area contributed by atoms with Gasteiger partial charge < -0.3 is 9.52 Å². The van der Waals surface area contributed by atoms with Crippen molar-refractivity contribution in [3.05, 3.63) is 29.5 Å². The van der Waals surface area contributed by atoms with Gasteiger partial charge in [0.1, 0.15) is 0 Å². The lowest BCUT2D eigenvalue weighted by Gasteiger charge is -2.12. The van der Waals surface area contributed by atoms with E-state index in [0.717, 1.165) is 23.0 Å². The van der Waals surface area contributed by atoms with Crippen molar-refractivity contribution in [3.8, 4) is 10.8 Å². The van der Waals surface area contributed by atoms with Crippen LogP contribution in [0.5, 0.6) is 0 Å². The normalized spacial score (nSPS) is 11.2. The second kappa shape index (κ2) is 5.25. The van der Waals surface area contributed by atoms with Gasteiger partial charge in [0, 0.05) is 18.5 Å². The van der Waals surface area contributed by atoms with Crippen molar-refractivity contribution in [3.63, 3.8) is 0 Å². The van der Waals surface area contributed by atoms with Crippen LogP contribution < -0.4 is 0 Å². The highest BCUT2D eigenvalue weighted by atomic mass is 32.1. The first kappa shape index (κ1) is 11.3. The Morgan fingerprint density at radius 2 is 2.44 bits per heavy atom. The highest BCUT2D eigenvalue weighted by Gasteiger charge is 2.08. The van der Waals surface area contributed by atoms with Crippen LogP contribution in [-0.2, 0) is 6.54 Å². The second-order valence-electron chi connectivity index (χ2n) is 3.58. The molecule has 0 fully saturated rings. The van der Waals surface area contributed by atoms with Crippen molar-refractivity contribution < 1.29 is 9.52 Å². The van der Waals surface area contributed by atoms with Crippen LogP contribution in [0.15, 0.2) is 28.2 Å². The summed E-state index contributed by atoms with van der Waals surface area (Å²) in [6.45, 7) is 1.58. The number of nitrogens with zero attached hydrogens (tertiary/aromatic N) is 2. The highest BCUT2D eigenvalue weighted by molar-refractivity contribution is 7.13. The van der Waals surface area contributed by atoms with E-state index in [1.807, 2.05) is 29.5 Å². The summed E-state index contributed by atoms with van der Waals surface area (Å²) >= 11 is 1.57. The summed E-state index contributed by atoms with van der Waals surface area (Å²) in [7, 11) is 1.96. The zero-order valence-electron chi connectivity index (χ0n) is 9.09. The average molecular weight is 238 g/mol. The molecule has 2 heterocycles. The van der Waals surface area contributed by atoms with Crippen LogP contribution in [-0.4, -0.2) is 35.2 Å². The molecule has 1 N–H and O–H groups in total. The third-order valence-corrected chi connectivity index (χ3v) is 3.10. The maximum atomic E-state index is 8.80. The van der Waals surface area contributed by atoms with Crippen LogP contribution in [0.3, 0.4) is 0 Å². The van der Waals surface area contributed by atoms with Crippen LogP contribution in [0.1, 0.15) is 5.69 Å². The summed E-state index contributed by atoms with van der Waals surface area (Å²) in [6.07, 6.45) is 1.65. The standard InChI is InChI=1S/C11H14N2O2S/c1-13(4-5-14)7-9-8-16-11(12-9)10-3-2-6-15-10/h2-3,6,8,14H,4-5,7H2,1H3. The highest BCUT2D eigenvalue weighted by Crippen LogP contribution is 2.24. The van der Waals surface area contributed by atoms with Crippen molar-refractivity contribution >= 4 is 11.3 Å². The maximum absolute atomic E-state index is 8.80. The Morgan fingerprint density at radius 1 is 1.56 bits per heavy atom. The first-order chi connectivity index (χ1) is 7.79. The van der Waals surface area contributed by atoms with Gasteiger partial charge in [0.05, 0.1) is 18.6 Å². The van der Waals surface area contributed by atoms with Crippen molar-refractivity contribution in [1.29, 1.82) is 0 Å². The third kappa shape index (κ3) is 2.69. The quantitative estimate of drug-likeness (QED) is 0.863. The number of rotatable bonds is 5. The SMILES string of the molecule is CN(CCO)Cc1csc(-c2ccco2)n1. The number of aromatic nitrogens is 1. The summed E-state index contributed by atoms with van der Waals surface area (Å²) in [6, 6.07) is 3.76. The summed E-state index contributed by atoms with van der Waals surface area (Å²) in [5.74, 6) is 0.807. The van der Waals surface area contributed by atoms with Gasteiger partial charge in [-0.2, -0.15) is 0 Å². The van der Waals surface area contributed by atoms with Gasteiger partial charge in [-0.05, 0) is 19.2 Å². The summed E-state index contributed by atoms with van der Waals surface area (Å²) in [5.41, 5.74) is 1.01. The van der Waals surface area contributed by atoms with Crippen LogP contribution >= 0.6 is 11.3 Å². The molecule has 4 nitrogen and oxygen atoms in total. The van der Waals surface area contributed by atoms with E-state index < -0.39 is 0 Å². The van der Waals surface area contributed by atoms with Crippen molar-refractivity contribution in [2.24, 2.45) is 0 Å². The molecular formula is C11H14N2O2S. The van der Waals surface area contributed by atoms with Gasteiger partial charge in [-0.3, -0.25) is 4.90 Å². The Morgan fingerprint density at radius 3 is 3.12 bits per heavy atom. The molecule has 0 aliphatic rings. The number of hydrogen-bond acceptors (Lipinski definition) is 5. The minimum Gasteiger partial charge on any atom is -0.462 e. The van der Waals surface area contributed by atoms with Crippen LogP contribution in [0.25, 0.3) is 10.8 Å². The number of aliphatic hydroxyl groups is 1. The molecule has 0 saturated heterocycles. The first-order valence-electron chi connectivity index (χ1n) is 5.07. The molecule has 5 heteroatoms. The largest absolute Gasteiger partial charge is 0.462 e. The molecule has 2 aromatic rings. The Hall–Kier alpha value is -1.17. The molecule has 16 heavy (non-hydrogen) atoms. The van der Waals surface area contributed by atoms with Crippen LogP contribution in [0.2, 0.25) is 0 Å². The molecular weight excluding hydrogens is 224 g/mol. The predicted octanol–water partition coefficient (Wildman–Crippen LogP) is 1.83. The third-order valence-electron chi connectivity index (χ3n) is 2.20. The van der Waals surface area contributed by atoms with Gasteiger partial charge in [-0.1, -0.05) is 0 Å². The van der Waals surface area contributed by atoms with E-state index in [1.165, 1.54) is 0 Å². The molecule has 0 aromatic carbocycles. The Kier molecular flexibility index (Phi) is 3.71. The van der Waals surface area contributed by atoms with Gasteiger partial charge in [-0.15, -0.1) is 11.3 Å². The molecule has 86 valence electrons. The number of aliphatic hydroxyl groups excluding tert-OH is 1. The summed E-state index contributed by atoms with van der Waals surface area (Å²) in [4.78, 5) is 6.51. The van der Waals surface area contributed by atoms with E-state index in [1.54, 1.807) is 17.6 Å². The number of hydrogen-bond donors (Lipinski definition) is 1. The molecule has 0 aliphatic carbocycles. The zero-order chi connectivity index (χ0) is 11.4. The van der Waals surface area contributed by atoms with Gasteiger partial charge in [0.2, 0.25) is 0 Å². The monoisotopic (exact) mass is 238 g/mol. The minimum atomic E-state index is 0.172. The lowest BCUT2D eigenvalue weighted by atomic mass is 10.4. The molecule has 0 aliphatic heterocycles. The second-order valence-corrected chi connectivity index (χ2v) is 4.44. The van der Waals surface area contributed by atoms with Crippen molar-refractivity contribution in [2.75, 3.05) is 20.2 Å². The van der Waals surface area contributed by atoms with Gasteiger partial charge >= 0.3 is 0 Å². The van der Waals surface area contributed by atoms with Gasteiger partial charge in [-0.25, -0.2) is 4.98 Å². The van der Waals surface area contributed by atoms with E-state index in [-0.39, 0.29) is 6.61 Å². The molecule has 0 unspecified atom stereocenters. The lowest BCUT2D eigenvalue weighted by molar-refractivity contribution is 0.216. The molecule has 0 saturated carbocycles. The minimum absolute atomic E-state index is 0.172. The molecule has 0 spiro atoms. The van der Waals surface area contributed by atoms with Gasteiger partial charge in [0.25, 0.3) is 0 Å². The smallest absolute Gasteiger partial charge is 0.162 e. The molecule has 0 amide bonds. The van der Waals surface area contributed by atoms with Gasteiger partial charge in [0.15, 0.2) is 10.8 Å². The van der Waals surface area contributed by atoms with Crippen molar-refractivity contribution in [2.45, 2.75) is 6.54 Å². The number of furan rings is 1. The fourth-order valence-corrected chi connectivity index (χ4v) is 2.20. The fourth-order valence-electron chi connectivity index (χ4n) is 1.42. The molecule has 2 aromatic heterocycles. The number of likely N-dealkylation sites (N-methyl/N-ethyl adjacent to an activating group) is 1. The number of thiazole rings is 1. The van der Waals surface area contributed by atoms with Crippen LogP contribution in [0.4, 0.5) is 0 Å². The molecule has 0 radical (unpaired) electrons. The lowest BCUT2D eigenvalue weighted by Crippen LogP contribution is -2.21. The van der Waals surface area contributed by atoms with E-state index in [9.17, 15) is 0 Å². The van der Waals surface area contributed by atoms with E-state index in [0.29, 0.717) is 6.54 Å². The first-order valence-corrected chi connectivity index (χ1v) is 5.95. The molecule has 2 rings (SSSR count). The maximum Gasteiger partial charge on any atom is 0.162 e. The summed E-state index contributed by atoms with van der Waals surface area (Å²) in [5, 5.41) is 11.7. The Labute approximate surface area is 98.2 Å². The van der Waals surface area contributed by atoms with E-state index >= 15 is 0 Å². The van der Waals surface area contributed by atoms with Crippen LogP contribution in [0, 0.1) is 0 Å².